The van der Waals surface area contributed by atoms with Gasteiger partial charge in [0.2, 0.25) is 10.0 Å². The quantitative estimate of drug-likeness (QED) is 0.859. The van der Waals surface area contributed by atoms with E-state index in [-0.39, 0.29) is 5.75 Å². The predicted molar refractivity (Wildman–Crippen MR) is 76.0 cm³/mol. The molecular weight excluding hydrogens is 248 g/mol. The van der Waals surface area contributed by atoms with Crippen LogP contribution in [-0.4, -0.2) is 21.2 Å². The second kappa shape index (κ2) is 6.20. The van der Waals surface area contributed by atoms with E-state index in [1.165, 1.54) is 4.31 Å². The SMILES string of the molecule is CC(C)CCS(=O)(=O)N(C)c1ccccc1CN. The maximum Gasteiger partial charge on any atom is 0.234 e. The topological polar surface area (TPSA) is 63.4 Å². The average molecular weight is 270 g/mol. The predicted octanol–water partition coefficient (Wildman–Crippen LogP) is 1.96. The zero-order chi connectivity index (χ0) is 13.8. The standard InChI is InChI=1S/C13H22N2O2S/c1-11(2)8-9-18(16,17)15(3)13-7-5-4-6-12(13)10-14/h4-7,11H,8-10,14H2,1-3H3. The van der Waals surface area contributed by atoms with Crippen LogP contribution in [0, 0.1) is 5.92 Å². The van der Waals surface area contributed by atoms with Crippen LogP contribution in [0.2, 0.25) is 0 Å². The van der Waals surface area contributed by atoms with Crippen LogP contribution in [0.3, 0.4) is 0 Å². The van der Waals surface area contributed by atoms with Crippen molar-refractivity contribution in [3.8, 4) is 0 Å². The Morgan fingerprint density at radius 3 is 2.44 bits per heavy atom. The van der Waals surface area contributed by atoms with Crippen molar-refractivity contribution in [1.29, 1.82) is 0 Å². The lowest BCUT2D eigenvalue weighted by Gasteiger charge is -2.22. The lowest BCUT2D eigenvalue weighted by Crippen LogP contribution is -2.30. The Bertz CT molecular complexity index is 484. The van der Waals surface area contributed by atoms with Gasteiger partial charge in [-0.3, -0.25) is 4.31 Å². The molecule has 0 fully saturated rings. The van der Waals surface area contributed by atoms with Gasteiger partial charge in [-0.05, 0) is 24.0 Å². The Morgan fingerprint density at radius 2 is 1.89 bits per heavy atom. The molecule has 0 aliphatic heterocycles. The Morgan fingerprint density at radius 1 is 1.28 bits per heavy atom. The van der Waals surface area contributed by atoms with Gasteiger partial charge in [0, 0.05) is 13.6 Å². The van der Waals surface area contributed by atoms with E-state index in [4.69, 9.17) is 5.73 Å². The molecule has 18 heavy (non-hydrogen) atoms. The second-order valence-corrected chi connectivity index (χ2v) is 6.92. The summed E-state index contributed by atoms with van der Waals surface area (Å²) in [6, 6.07) is 7.32. The van der Waals surface area contributed by atoms with E-state index in [1.54, 1.807) is 13.1 Å². The third kappa shape index (κ3) is 3.71. The molecule has 4 nitrogen and oxygen atoms in total. The van der Waals surface area contributed by atoms with Gasteiger partial charge in [-0.1, -0.05) is 32.0 Å². The van der Waals surface area contributed by atoms with E-state index < -0.39 is 10.0 Å². The van der Waals surface area contributed by atoms with Crippen LogP contribution < -0.4 is 10.0 Å². The minimum atomic E-state index is -3.26. The summed E-state index contributed by atoms with van der Waals surface area (Å²) in [7, 11) is -1.68. The van der Waals surface area contributed by atoms with Gasteiger partial charge in [-0.2, -0.15) is 0 Å². The summed E-state index contributed by atoms with van der Waals surface area (Å²) in [5, 5.41) is 0. The monoisotopic (exact) mass is 270 g/mol. The fourth-order valence-electron chi connectivity index (χ4n) is 1.66. The summed E-state index contributed by atoms with van der Waals surface area (Å²) in [5.41, 5.74) is 7.14. The summed E-state index contributed by atoms with van der Waals surface area (Å²) >= 11 is 0. The number of para-hydroxylation sites is 1. The van der Waals surface area contributed by atoms with E-state index in [0.717, 1.165) is 5.56 Å². The number of hydrogen-bond donors (Lipinski definition) is 1. The number of anilines is 1. The molecule has 0 saturated carbocycles. The molecule has 2 N–H and O–H groups in total. The zero-order valence-electron chi connectivity index (χ0n) is 11.3. The highest BCUT2D eigenvalue weighted by Gasteiger charge is 2.20. The van der Waals surface area contributed by atoms with Crippen molar-refractivity contribution < 1.29 is 8.42 Å². The molecular formula is C13H22N2O2S. The highest BCUT2D eigenvalue weighted by Crippen LogP contribution is 2.22. The van der Waals surface area contributed by atoms with Crippen molar-refractivity contribution in [2.45, 2.75) is 26.8 Å². The summed E-state index contributed by atoms with van der Waals surface area (Å²) < 4.78 is 25.7. The molecule has 0 spiro atoms. The number of hydrogen-bond acceptors (Lipinski definition) is 3. The van der Waals surface area contributed by atoms with E-state index in [2.05, 4.69) is 0 Å². The molecule has 0 atom stereocenters. The van der Waals surface area contributed by atoms with Crippen LogP contribution in [0.1, 0.15) is 25.8 Å². The van der Waals surface area contributed by atoms with Crippen molar-refractivity contribution in [3.63, 3.8) is 0 Å². The molecule has 0 heterocycles. The van der Waals surface area contributed by atoms with Crippen LogP contribution in [-0.2, 0) is 16.6 Å². The number of sulfonamides is 1. The second-order valence-electron chi connectivity index (χ2n) is 4.80. The van der Waals surface area contributed by atoms with Crippen LogP contribution >= 0.6 is 0 Å². The Balaban J connectivity index is 2.95. The smallest absolute Gasteiger partial charge is 0.234 e. The molecule has 1 aromatic rings. The number of rotatable bonds is 6. The molecule has 0 saturated heterocycles. The highest BCUT2D eigenvalue weighted by atomic mass is 32.2. The first-order valence-electron chi connectivity index (χ1n) is 6.13. The summed E-state index contributed by atoms with van der Waals surface area (Å²) in [5.74, 6) is 0.540. The third-order valence-electron chi connectivity index (χ3n) is 2.92. The van der Waals surface area contributed by atoms with Crippen molar-refractivity contribution in [2.24, 2.45) is 11.7 Å². The molecule has 0 unspecified atom stereocenters. The molecule has 1 aromatic carbocycles. The van der Waals surface area contributed by atoms with Crippen LogP contribution in [0.25, 0.3) is 0 Å². The van der Waals surface area contributed by atoms with Gasteiger partial charge in [0.05, 0.1) is 11.4 Å². The first-order chi connectivity index (χ1) is 8.38. The lowest BCUT2D eigenvalue weighted by molar-refractivity contribution is 0.572. The molecule has 0 aliphatic carbocycles. The molecule has 0 aliphatic rings. The van der Waals surface area contributed by atoms with Gasteiger partial charge in [0.15, 0.2) is 0 Å². The number of nitrogens with two attached hydrogens (primary N) is 1. The fourth-order valence-corrected chi connectivity index (χ4v) is 3.18. The molecule has 0 aromatic heterocycles. The average Bonchev–Trinajstić information content (AvgIpc) is 2.35. The Hall–Kier alpha value is -1.07. The molecule has 1 rings (SSSR count). The van der Waals surface area contributed by atoms with E-state index >= 15 is 0 Å². The minimum absolute atomic E-state index is 0.167. The van der Waals surface area contributed by atoms with Gasteiger partial charge in [-0.15, -0.1) is 0 Å². The summed E-state index contributed by atoms with van der Waals surface area (Å²) in [6.07, 6.45) is 0.664. The van der Waals surface area contributed by atoms with Crippen LogP contribution in [0.15, 0.2) is 24.3 Å². The minimum Gasteiger partial charge on any atom is -0.326 e. The van der Waals surface area contributed by atoms with E-state index in [9.17, 15) is 8.42 Å². The fraction of sp³-hybridized carbons (Fsp3) is 0.538. The Labute approximate surface area is 110 Å². The summed E-state index contributed by atoms with van der Waals surface area (Å²) in [6.45, 7) is 4.37. The van der Waals surface area contributed by atoms with Crippen molar-refractivity contribution in [1.82, 2.24) is 0 Å². The molecule has 5 heteroatoms. The van der Waals surface area contributed by atoms with Crippen molar-refractivity contribution in [3.05, 3.63) is 29.8 Å². The highest BCUT2D eigenvalue weighted by molar-refractivity contribution is 7.92. The van der Waals surface area contributed by atoms with Gasteiger partial charge in [-0.25, -0.2) is 8.42 Å². The molecule has 102 valence electrons. The van der Waals surface area contributed by atoms with Gasteiger partial charge in [0.25, 0.3) is 0 Å². The van der Waals surface area contributed by atoms with Gasteiger partial charge in [0.1, 0.15) is 0 Å². The molecule has 0 bridgehead atoms. The normalized spacial score (nSPS) is 11.8. The number of benzene rings is 1. The Kier molecular flexibility index (Phi) is 5.16. The first kappa shape index (κ1) is 15.0. The number of nitrogens with zero attached hydrogens (tertiary/aromatic N) is 1. The molecule has 0 radical (unpaired) electrons. The van der Waals surface area contributed by atoms with E-state index in [0.29, 0.717) is 24.6 Å². The zero-order valence-corrected chi connectivity index (χ0v) is 12.1. The lowest BCUT2D eigenvalue weighted by atomic mass is 10.2. The first-order valence-corrected chi connectivity index (χ1v) is 7.74. The van der Waals surface area contributed by atoms with Crippen molar-refractivity contribution in [2.75, 3.05) is 17.1 Å². The molecule has 0 amide bonds. The maximum absolute atomic E-state index is 12.2. The third-order valence-corrected chi connectivity index (χ3v) is 4.70. The van der Waals surface area contributed by atoms with Crippen molar-refractivity contribution >= 4 is 15.7 Å². The largest absolute Gasteiger partial charge is 0.326 e. The van der Waals surface area contributed by atoms with Gasteiger partial charge >= 0.3 is 0 Å². The van der Waals surface area contributed by atoms with Gasteiger partial charge < -0.3 is 5.73 Å². The van der Waals surface area contributed by atoms with E-state index in [1.807, 2.05) is 32.0 Å². The maximum atomic E-state index is 12.2. The van der Waals surface area contributed by atoms with Crippen LogP contribution in [0.4, 0.5) is 5.69 Å². The summed E-state index contributed by atoms with van der Waals surface area (Å²) in [4.78, 5) is 0. The van der Waals surface area contributed by atoms with Crippen LogP contribution in [0.5, 0.6) is 0 Å².